The normalized spacial score (nSPS) is 11.4. The molecule has 6 heteroatoms. The molecule has 0 radical (unpaired) electrons. The van der Waals surface area contributed by atoms with Gasteiger partial charge in [-0.1, -0.05) is 0 Å². The summed E-state index contributed by atoms with van der Waals surface area (Å²) >= 11 is 0. The molecule has 1 aromatic rings. The zero-order chi connectivity index (χ0) is 10.9. The third kappa shape index (κ3) is 1.97. The van der Waals surface area contributed by atoms with Gasteiger partial charge in [0, 0.05) is 0 Å². The average Bonchev–Trinajstić information content (AvgIpc) is 2.01. The highest BCUT2D eigenvalue weighted by atomic mass is 16.6. The topological polar surface area (TPSA) is 70.1 Å². The maximum atomic E-state index is 11.0. The van der Waals surface area contributed by atoms with Gasteiger partial charge in [-0.3, -0.25) is 14.6 Å². The van der Waals surface area contributed by atoms with Crippen LogP contribution in [0, 0.1) is 15.3 Å². The zero-order valence-corrected chi connectivity index (χ0v) is 8.30. The van der Waals surface area contributed by atoms with Gasteiger partial charge in [0.2, 0.25) is 6.20 Å². The number of hydrogen-bond acceptors (Lipinski definition) is 3. The van der Waals surface area contributed by atoms with Gasteiger partial charge in [-0.25, -0.2) is 0 Å². The molecule has 0 aliphatic heterocycles. The van der Waals surface area contributed by atoms with Crippen LogP contribution in [-0.4, -0.2) is 26.1 Å². The Morgan fingerprint density at radius 3 is 2.43 bits per heavy atom. The summed E-state index contributed by atoms with van der Waals surface area (Å²) in [5, 5.41) is 21.7. The fraction of sp³-hybridized carbons (Fsp3) is 0.375. The van der Waals surface area contributed by atoms with E-state index in [2.05, 4.69) is 0 Å². The maximum Gasteiger partial charge on any atom is 0.341 e. The molecule has 0 saturated carbocycles. The summed E-state index contributed by atoms with van der Waals surface area (Å²) in [6.45, 7) is 0. The molecular weight excluding hydrogens is 186 g/mol. The highest BCUT2D eigenvalue weighted by Gasteiger charge is 2.28. The number of rotatable bonds is 2. The molecule has 0 atom stereocenters. The van der Waals surface area contributed by atoms with E-state index in [4.69, 9.17) is 0 Å². The van der Waals surface area contributed by atoms with Crippen LogP contribution >= 0.6 is 0 Å². The minimum absolute atomic E-state index is 0.0374. The first-order valence-corrected chi connectivity index (χ1v) is 4.01. The second kappa shape index (κ2) is 3.22. The van der Waals surface area contributed by atoms with Gasteiger partial charge in [-0.05, 0) is 0 Å². The number of nitro groups is 1. The first kappa shape index (κ1) is 10.4. The first-order valence-electron chi connectivity index (χ1n) is 4.01. The SMILES string of the molecule is C[N+](C)(C)c1c[n+]([O-])ccc1[N+](=O)[O-]. The van der Waals surface area contributed by atoms with E-state index in [1.54, 1.807) is 21.1 Å². The Kier molecular flexibility index (Phi) is 2.39. The Morgan fingerprint density at radius 1 is 1.43 bits per heavy atom. The Hall–Kier alpha value is -1.69. The van der Waals surface area contributed by atoms with Gasteiger partial charge in [0.15, 0.2) is 6.20 Å². The summed E-state index contributed by atoms with van der Waals surface area (Å²) in [4.78, 5) is 10.2. The molecule has 14 heavy (non-hydrogen) atoms. The largest absolute Gasteiger partial charge is 0.619 e. The van der Waals surface area contributed by atoms with Crippen molar-refractivity contribution in [1.29, 1.82) is 0 Å². The molecule has 0 fully saturated rings. The molecule has 0 bridgehead atoms. The van der Waals surface area contributed by atoms with Crippen molar-refractivity contribution in [3.8, 4) is 0 Å². The summed E-state index contributed by atoms with van der Waals surface area (Å²) in [6.07, 6.45) is 2.34. The van der Waals surface area contributed by atoms with Crippen LogP contribution in [0.1, 0.15) is 0 Å². The predicted molar refractivity (Wildman–Crippen MR) is 51.6 cm³/mol. The molecule has 76 valence electrons. The van der Waals surface area contributed by atoms with Crippen LogP contribution in [0.4, 0.5) is 11.4 Å². The molecule has 1 heterocycles. The molecule has 1 rings (SSSR count). The minimum Gasteiger partial charge on any atom is -0.619 e. The molecular formula is C8H12N3O3+. The van der Waals surface area contributed by atoms with Crippen LogP contribution in [0.5, 0.6) is 0 Å². The first-order chi connectivity index (χ1) is 6.32. The van der Waals surface area contributed by atoms with E-state index in [-0.39, 0.29) is 10.2 Å². The van der Waals surface area contributed by atoms with Gasteiger partial charge in [0.1, 0.15) is 0 Å². The molecule has 0 spiro atoms. The summed E-state index contributed by atoms with van der Waals surface area (Å²) in [5.41, 5.74) is 0.345. The number of hydrogen-bond donors (Lipinski definition) is 0. The Bertz CT molecular complexity index is 371. The van der Waals surface area contributed by atoms with Crippen LogP contribution in [0.15, 0.2) is 18.5 Å². The summed E-state index contributed by atoms with van der Waals surface area (Å²) in [5.74, 6) is 0. The number of aromatic nitrogens is 1. The highest BCUT2D eigenvalue weighted by Crippen LogP contribution is 2.27. The van der Waals surface area contributed by atoms with Crippen molar-refractivity contribution in [2.45, 2.75) is 0 Å². The van der Waals surface area contributed by atoms with Gasteiger partial charge in [0.25, 0.3) is 5.69 Å². The van der Waals surface area contributed by atoms with Crippen LogP contribution in [-0.2, 0) is 0 Å². The summed E-state index contributed by atoms with van der Waals surface area (Å²) < 4.78 is 0.797. The van der Waals surface area contributed by atoms with Crippen molar-refractivity contribution in [2.75, 3.05) is 21.1 Å². The van der Waals surface area contributed by atoms with Crippen molar-refractivity contribution in [3.05, 3.63) is 33.8 Å². The van der Waals surface area contributed by atoms with Crippen LogP contribution < -0.4 is 9.21 Å². The lowest BCUT2D eigenvalue weighted by Gasteiger charge is -2.21. The van der Waals surface area contributed by atoms with Crippen molar-refractivity contribution >= 4 is 11.4 Å². The zero-order valence-electron chi connectivity index (χ0n) is 8.30. The van der Waals surface area contributed by atoms with Crippen LogP contribution in [0.3, 0.4) is 0 Å². The molecule has 0 N–H and O–H groups in total. The van der Waals surface area contributed by atoms with Crippen LogP contribution in [0.25, 0.3) is 0 Å². The van der Waals surface area contributed by atoms with E-state index in [0.29, 0.717) is 10.4 Å². The van der Waals surface area contributed by atoms with E-state index in [9.17, 15) is 15.3 Å². The molecule has 0 unspecified atom stereocenters. The Morgan fingerprint density at radius 2 is 2.00 bits per heavy atom. The second-order valence-corrected chi connectivity index (χ2v) is 3.84. The quantitative estimate of drug-likeness (QED) is 0.227. The lowest BCUT2D eigenvalue weighted by atomic mass is 10.3. The Labute approximate surface area is 81.3 Å². The van der Waals surface area contributed by atoms with Gasteiger partial charge in [-0.15, -0.1) is 0 Å². The highest BCUT2D eigenvalue weighted by molar-refractivity contribution is 5.56. The monoisotopic (exact) mass is 198 g/mol. The third-order valence-electron chi connectivity index (χ3n) is 1.81. The Balaban J connectivity index is 3.38. The summed E-state index contributed by atoms with van der Waals surface area (Å²) in [6, 6.07) is 1.21. The average molecular weight is 198 g/mol. The lowest BCUT2D eigenvalue weighted by Crippen LogP contribution is -2.38. The molecule has 1 aromatic heterocycles. The molecule has 6 nitrogen and oxygen atoms in total. The fourth-order valence-corrected chi connectivity index (χ4v) is 1.13. The second-order valence-electron chi connectivity index (χ2n) is 3.84. The molecule has 0 aromatic carbocycles. The standard InChI is InChI=1S/C8H12N3O3/c1-11(2,3)8-6-9(12)5-4-7(8)10(13)14/h4-6H,1-3H3/q+1. The van der Waals surface area contributed by atoms with Crippen molar-refractivity contribution < 1.29 is 9.65 Å². The van der Waals surface area contributed by atoms with Gasteiger partial charge >= 0.3 is 5.69 Å². The molecule has 0 saturated heterocycles. The van der Waals surface area contributed by atoms with Gasteiger partial charge in [-0.2, -0.15) is 4.73 Å². The lowest BCUT2D eigenvalue weighted by molar-refractivity contribution is -0.605. The smallest absolute Gasteiger partial charge is 0.341 e. The summed E-state index contributed by atoms with van der Waals surface area (Å²) in [7, 11) is 5.30. The van der Waals surface area contributed by atoms with Crippen molar-refractivity contribution in [2.24, 2.45) is 0 Å². The van der Waals surface area contributed by atoms with Gasteiger partial charge < -0.3 is 5.21 Å². The fourth-order valence-electron chi connectivity index (χ4n) is 1.13. The number of pyridine rings is 1. The number of quaternary nitrogens is 1. The van der Waals surface area contributed by atoms with E-state index in [1.165, 1.54) is 12.3 Å². The van der Waals surface area contributed by atoms with Crippen molar-refractivity contribution in [1.82, 2.24) is 4.48 Å². The van der Waals surface area contributed by atoms with E-state index in [0.717, 1.165) is 6.20 Å². The van der Waals surface area contributed by atoms with E-state index < -0.39 is 4.92 Å². The minimum atomic E-state index is -0.487. The third-order valence-corrected chi connectivity index (χ3v) is 1.81. The van der Waals surface area contributed by atoms with E-state index in [1.807, 2.05) is 0 Å². The molecule has 0 aliphatic carbocycles. The van der Waals surface area contributed by atoms with E-state index >= 15 is 0 Å². The van der Waals surface area contributed by atoms with Crippen LogP contribution in [0.2, 0.25) is 0 Å². The molecule has 0 amide bonds. The van der Waals surface area contributed by atoms with Gasteiger partial charge in [0.05, 0.1) is 32.1 Å². The maximum absolute atomic E-state index is 11.0. The number of nitrogens with zero attached hydrogens (tertiary/aromatic N) is 3. The van der Waals surface area contributed by atoms with Crippen molar-refractivity contribution in [3.63, 3.8) is 0 Å². The predicted octanol–water partition coefficient (Wildman–Crippen LogP) is 0.425. The molecule has 0 aliphatic rings.